The molecule has 0 N–H and O–H groups in total. The summed E-state index contributed by atoms with van der Waals surface area (Å²) in [7, 11) is 0. The predicted molar refractivity (Wildman–Crippen MR) is 84.0 cm³/mol. The van der Waals surface area contributed by atoms with Gasteiger partial charge in [0.2, 0.25) is 5.91 Å². The summed E-state index contributed by atoms with van der Waals surface area (Å²) in [5.74, 6) is 1.13. The van der Waals surface area contributed by atoms with Gasteiger partial charge < -0.3 is 14.2 Å². The molecule has 5 heteroatoms. The summed E-state index contributed by atoms with van der Waals surface area (Å²) in [5, 5.41) is 0. The van der Waals surface area contributed by atoms with Crippen LogP contribution in [0.4, 0.5) is 5.69 Å². The maximum atomic E-state index is 11.4. The lowest BCUT2D eigenvalue weighted by molar-refractivity contribution is -0.129. The van der Waals surface area contributed by atoms with Crippen LogP contribution in [0.25, 0.3) is 11.3 Å². The molecule has 1 aromatic heterocycles. The van der Waals surface area contributed by atoms with E-state index in [1.54, 1.807) is 13.0 Å². The van der Waals surface area contributed by atoms with Crippen LogP contribution in [-0.2, 0) is 4.79 Å². The lowest BCUT2D eigenvalue weighted by Crippen LogP contribution is -2.48. The Kier molecular flexibility index (Phi) is 3.96. The standard InChI is InChI=1S/C17H18N2O3/c1-13(21)18-8-10-19(11-9-18)16-5-3-2-4-15(16)17-7-6-14(12-20)22-17/h2-7,12H,8-11H2,1H3. The van der Waals surface area contributed by atoms with Gasteiger partial charge in [-0.15, -0.1) is 0 Å². The molecule has 3 rings (SSSR count). The second-order valence-corrected chi connectivity index (χ2v) is 5.33. The molecular weight excluding hydrogens is 280 g/mol. The van der Waals surface area contributed by atoms with E-state index in [2.05, 4.69) is 4.90 Å². The molecule has 0 aliphatic carbocycles. The molecular formula is C17H18N2O3. The third-order valence-corrected chi connectivity index (χ3v) is 3.98. The summed E-state index contributed by atoms with van der Waals surface area (Å²) in [6.45, 7) is 4.63. The van der Waals surface area contributed by atoms with E-state index in [-0.39, 0.29) is 5.91 Å². The van der Waals surface area contributed by atoms with Crippen LogP contribution in [0.15, 0.2) is 40.8 Å². The highest BCUT2D eigenvalue weighted by molar-refractivity contribution is 5.79. The number of hydrogen-bond donors (Lipinski definition) is 0. The zero-order valence-corrected chi connectivity index (χ0v) is 12.5. The molecule has 1 saturated heterocycles. The van der Waals surface area contributed by atoms with Crippen molar-refractivity contribution in [3.63, 3.8) is 0 Å². The first kappa shape index (κ1) is 14.4. The first-order valence-electron chi connectivity index (χ1n) is 7.34. The van der Waals surface area contributed by atoms with Gasteiger partial charge >= 0.3 is 0 Å². The third kappa shape index (κ3) is 2.74. The Bertz CT molecular complexity index is 685. The molecule has 22 heavy (non-hydrogen) atoms. The Labute approximate surface area is 129 Å². The van der Waals surface area contributed by atoms with Gasteiger partial charge in [0.1, 0.15) is 5.76 Å². The topological polar surface area (TPSA) is 53.8 Å². The van der Waals surface area contributed by atoms with Gasteiger partial charge in [-0.1, -0.05) is 12.1 Å². The van der Waals surface area contributed by atoms with Crippen LogP contribution in [0.1, 0.15) is 17.5 Å². The van der Waals surface area contributed by atoms with Gasteiger partial charge in [0.15, 0.2) is 12.0 Å². The first-order valence-corrected chi connectivity index (χ1v) is 7.34. The zero-order chi connectivity index (χ0) is 15.5. The van der Waals surface area contributed by atoms with E-state index in [0.717, 1.165) is 37.4 Å². The normalized spacial score (nSPS) is 15.0. The average molecular weight is 298 g/mol. The van der Waals surface area contributed by atoms with Crippen molar-refractivity contribution >= 4 is 17.9 Å². The third-order valence-electron chi connectivity index (χ3n) is 3.98. The van der Waals surface area contributed by atoms with Crippen LogP contribution in [0, 0.1) is 0 Å². The molecule has 0 spiro atoms. The molecule has 0 unspecified atom stereocenters. The minimum Gasteiger partial charge on any atom is -0.453 e. The van der Waals surface area contributed by atoms with Crippen LogP contribution < -0.4 is 4.90 Å². The van der Waals surface area contributed by atoms with Crippen molar-refractivity contribution < 1.29 is 14.0 Å². The largest absolute Gasteiger partial charge is 0.453 e. The predicted octanol–water partition coefficient (Wildman–Crippen LogP) is 2.43. The summed E-state index contributed by atoms with van der Waals surface area (Å²) < 4.78 is 5.55. The van der Waals surface area contributed by atoms with Crippen LogP contribution in [0.2, 0.25) is 0 Å². The fraction of sp³-hybridized carbons (Fsp3) is 0.294. The van der Waals surface area contributed by atoms with E-state index in [4.69, 9.17) is 4.42 Å². The van der Waals surface area contributed by atoms with Gasteiger partial charge in [-0.3, -0.25) is 9.59 Å². The van der Waals surface area contributed by atoms with Crippen molar-refractivity contribution in [2.45, 2.75) is 6.92 Å². The number of anilines is 1. The molecule has 114 valence electrons. The number of hydrogen-bond acceptors (Lipinski definition) is 4. The Morgan fingerprint density at radius 3 is 2.45 bits per heavy atom. The second kappa shape index (κ2) is 6.05. The number of piperazine rings is 1. The van der Waals surface area contributed by atoms with E-state index in [9.17, 15) is 9.59 Å². The lowest BCUT2D eigenvalue weighted by atomic mass is 10.1. The fourth-order valence-corrected chi connectivity index (χ4v) is 2.78. The molecule has 1 aromatic carbocycles. The number of carbonyl (C=O) groups is 2. The Hall–Kier alpha value is -2.56. The number of rotatable bonds is 3. The van der Waals surface area contributed by atoms with E-state index in [1.807, 2.05) is 35.2 Å². The fourth-order valence-electron chi connectivity index (χ4n) is 2.78. The summed E-state index contributed by atoms with van der Waals surface area (Å²) in [5.41, 5.74) is 2.03. The second-order valence-electron chi connectivity index (χ2n) is 5.33. The number of para-hydroxylation sites is 1. The molecule has 1 aliphatic rings. The van der Waals surface area contributed by atoms with Crippen molar-refractivity contribution in [1.29, 1.82) is 0 Å². The number of benzene rings is 1. The van der Waals surface area contributed by atoms with Gasteiger partial charge in [-0.25, -0.2) is 0 Å². The van der Waals surface area contributed by atoms with Crippen molar-refractivity contribution in [2.75, 3.05) is 31.1 Å². The first-order chi connectivity index (χ1) is 10.7. The van der Waals surface area contributed by atoms with Gasteiger partial charge in [-0.05, 0) is 24.3 Å². The summed E-state index contributed by atoms with van der Waals surface area (Å²) >= 11 is 0. The molecule has 2 heterocycles. The molecule has 5 nitrogen and oxygen atoms in total. The van der Waals surface area contributed by atoms with Crippen molar-refractivity contribution in [3.8, 4) is 11.3 Å². The number of furan rings is 1. The van der Waals surface area contributed by atoms with E-state index in [1.165, 1.54) is 0 Å². The van der Waals surface area contributed by atoms with Crippen LogP contribution in [0.3, 0.4) is 0 Å². The van der Waals surface area contributed by atoms with Crippen LogP contribution in [0.5, 0.6) is 0 Å². The van der Waals surface area contributed by atoms with Gasteiger partial charge in [0.05, 0.1) is 0 Å². The van der Waals surface area contributed by atoms with Gasteiger partial charge in [0.25, 0.3) is 0 Å². The maximum absolute atomic E-state index is 11.4. The summed E-state index contributed by atoms with van der Waals surface area (Å²) in [6.07, 6.45) is 0.706. The monoisotopic (exact) mass is 298 g/mol. The number of carbonyl (C=O) groups excluding carboxylic acids is 2. The van der Waals surface area contributed by atoms with E-state index >= 15 is 0 Å². The highest BCUT2D eigenvalue weighted by Crippen LogP contribution is 2.32. The smallest absolute Gasteiger partial charge is 0.219 e. The Morgan fingerprint density at radius 2 is 1.82 bits per heavy atom. The molecule has 1 aliphatic heterocycles. The molecule has 0 bridgehead atoms. The van der Waals surface area contributed by atoms with Crippen molar-refractivity contribution in [3.05, 3.63) is 42.2 Å². The Balaban J connectivity index is 1.86. The van der Waals surface area contributed by atoms with Crippen molar-refractivity contribution in [2.24, 2.45) is 0 Å². The number of nitrogens with zero attached hydrogens (tertiary/aromatic N) is 2. The SMILES string of the molecule is CC(=O)N1CCN(c2ccccc2-c2ccc(C=O)o2)CC1. The summed E-state index contributed by atoms with van der Waals surface area (Å²) in [6, 6.07) is 11.5. The van der Waals surface area contributed by atoms with Gasteiger partial charge in [0, 0.05) is 44.4 Å². The molecule has 0 radical (unpaired) electrons. The maximum Gasteiger partial charge on any atom is 0.219 e. The van der Waals surface area contributed by atoms with E-state index in [0.29, 0.717) is 17.8 Å². The highest BCUT2D eigenvalue weighted by Gasteiger charge is 2.21. The highest BCUT2D eigenvalue weighted by atomic mass is 16.3. The van der Waals surface area contributed by atoms with Crippen LogP contribution in [-0.4, -0.2) is 43.3 Å². The minimum absolute atomic E-state index is 0.120. The van der Waals surface area contributed by atoms with Crippen LogP contribution >= 0.6 is 0 Å². The molecule has 1 amide bonds. The van der Waals surface area contributed by atoms with Crippen molar-refractivity contribution in [1.82, 2.24) is 4.90 Å². The molecule has 1 fully saturated rings. The Morgan fingerprint density at radius 1 is 1.09 bits per heavy atom. The minimum atomic E-state index is 0.120. The summed E-state index contributed by atoms with van der Waals surface area (Å²) in [4.78, 5) is 26.3. The lowest BCUT2D eigenvalue weighted by Gasteiger charge is -2.36. The molecule has 0 atom stereocenters. The van der Waals surface area contributed by atoms with E-state index < -0.39 is 0 Å². The number of amides is 1. The average Bonchev–Trinajstić information content (AvgIpc) is 3.04. The molecule has 0 saturated carbocycles. The number of aldehydes is 1. The zero-order valence-electron chi connectivity index (χ0n) is 12.5. The molecule has 2 aromatic rings. The van der Waals surface area contributed by atoms with Gasteiger partial charge in [-0.2, -0.15) is 0 Å². The quantitative estimate of drug-likeness (QED) is 0.817.